The Balaban J connectivity index is 3.53. The predicted molar refractivity (Wildman–Crippen MR) is 63.1 cm³/mol. The van der Waals surface area contributed by atoms with E-state index < -0.39 is 5.97 Å². The van der Waals surface area contributed by atoms with E-state index in [1.807, 2.05) is 6.92 Å². The predicted octanol–water partition coefficient (Wildman–Crippen LogP) is 2.80. The number of nitrogens with one attached hydrogen (secondary N) is 1. The third-order valence-electron chi connectivity index (χ3n) is 2.54. The summed E-state index contributed by atoms with van der Waals surface area (Å²) in [6.07, 6.45) is 7.66. The van der Waals surface area contributed by atoms with Crippen molar-refractivity contribution in [3.8, 4) is 0 Å². The lowest BCUT2D eigenvalue weighted by Crippen LogP contribution is -2.36. The van der Waals surface area contributed by atoms with E-state index in [0.29, 0.717) is 0 Å². The molecule has 0 amide bonds. The van der Waals surface area contributed by atoms with E-state index in [-0.39, 0.29) is 6.04 Å². The molecule has 0 aromatic heterocycles. The van der Waals surface area contributed by atoms with Crippen molar-refractivity contribution < 1.29 is 9.90 Å². The topological polar surface area (TPSA) is 49.3 Å². The van der Waals surface area contributed by atoms with Crippen LogP contribution in [0.1, 0.15) is 58.8 Å². The molecular formula is C12H25NO2. The highest BCUT2D eigenvalue weighted by atomic mass is 16.4. The average Bonchev–Trinajstić information content (AvgIpc) is 2.21. The van der Waals surface area contributed by atoms with Crippen molar-refractivity contribution in [1.29, 1.82) is 0 Å². The molecule has 0 spiro atoms. The van der Waals surface area contributed by atoms with Crippen LogP contribution in [0.5, 0.6) is 0 Å². The number of hydrogen-bond acceptors (Lipinski definition) is 2. The SMILES string of the molecule is CCCCCCCC(NCCC)C(=O)O. The van der Waals surface area contributed by atoms with Gasteiger partial charge in [-0.1, -0.05) is 46.0 Å². The molecule has 90 valence electrons. The molecule has 0 aliphatic rings. The normalized spacial score (nSPS) is 12.7. The van der Waals surface area contributed by atoms with Gasteiger partial charge >= 0.3 is 5.97 Å². The van der Waals surface area contributed by atoms with Crippen molar-refractivity contribution >= 4 is 5.97 Å². The lowest BCUT2D eigenvalue weighted by atomic mass is 10.1. The summed E-state index contributed by atoms with van der Waals surface area (Å²) in [6, 6.07) is -0.341. The zero-order valence-electron chi connectivity index (χ0n) is 10.1. The Morgan fingerprint density at radius 3 is 2.33 bits per heavy atom. The summed E-state index contributed by atoms with van der Waals surface area (Å²) in [5.74, 6) is -0.709. The molecule has 3 nitrogen and oxygen atoms in total. The third kappa shape index (κ3) is 8.43. The molecule has 3 heteroatoms. The lowest BCUT2D eigenvalue weighted by Gasteiger charge is -2.13. The van der Waals surface area contributed by atoms with Crippen LogP contribution in [0.25, 0.3) is 0 Å². The zero-order valence-corrected chi connectivity index (χ0v) is 10.1. The monoisotopic (exact) mass is 215 g/mol. The van der Waals surface area contributed by atoms with Crippen LogP contribution in [-0.4, -0.2) is 23.7 Å². The highest BCUT2D eigenvalue weighted by Gasteiger charge is 2.14. The molecule has 0 bridgehead atoms. The molecule has 2 N–H and O–H groups in total. The Morgan fingerprint density at radius 1 is 1.13 bits per heavy atom. The van der Waals surface area contributed by atoms with Crippen LogP contribution in [0.2, 0.25) is 0 Å². The first-order chi connectivity index (χ1) is 7.22. The second kappa shape index (κ2) is 9.97. The molecule has 1 atom stereocenters. The summed E-state index contributed by atoms with van der Waals surface area (Å²) in [7, 11) is 0. The highest BCUT2D eigenvalue weighted by Crippen LogP contribution is 2.07. The van der Waals surface area contributed by atoms with Gasteiger partial charge in [-0.05, 0) is 19.4 Å². The summed E-state index contributed by atoms with van der Waals surface area (Å²) in [6.45, 7) is 5.03. The first-order valence-electron chi connectivity index (χ1n) is 6.18. The van der Waals surface area contributed by atoms with Gasteiger partial charge in [0.25, 0.3) is 0 Å². The van der Waals surface area contributed by atoms with E-state index in [0.717, 1.165) is 32.2 Å². The van der Waals surface area contributed by atoms with Gasteiger partial charge in [0.1, 0.15) is 6.04 Å². The maximum absolute atomic E-state index is 10.9. The van der Waals surface area contributed by atoms with Gasteiger partial charge in [-0.3, -0.25) is 4.79 Å². The molecule has 0 aliphatic heterocycles. The first-order valence-corrected chi connectivity index (χ1v) is 6.18. The molecule has 0 fully saturated rings. The Morgan fingerprint density at radius 2 is 1.80 bits per heavy atom. The zero-order chi connectivity index (χ0) is 11.5. The highest BCUT2D eigenvalue weighted by molar-refractivity contribution is 5.73. The minimum atomic E-state index is -0.709. The number of carbonyl (C=O) groups is 1. The summed E-state index contributed by atoms with van der Waals surface area (Å²) in [4.78, 5) is 10.9. The molecule has 0 rings (SSSR count). The van der Waals surface area contributed by atoms with Crippen LogP contribution in [-0.2, 0) is 4.79 Å². The molecule has 15 heavy (non-hydrogen) atoms. The van der Waals surface area contributed by atoms with Gasteiger partial charge in [-0.2, -0.15) is 0 Å². The summed E-state index contributed by atoms with van der Waals surface area (Å²) < 4.78 is 0. The van der Waals surface area contributed by atoms with E-state index in [1.165, 1.54) is 19.3 Å². The summed E-state index contributed by atoms with van der Waals surface area (Å²) in [5.41, 5.74) is 0. The molecular weight excluding hydrogens is 190 g/mol. The fourth-order valence-corrected chi connectivity index (χ4v) is 1.58. The van der Waals surface area contributed by atoms with Crippen LogP contribution < -0.4 is 5.32 Å². The van der Waals surface area contributed by atoms with Gasteiger partial charge in [-0.25, -0.2) is 0 Å². The van der Waals surface area contributed by atoms with Crippen molar-refractivity contribution in [3.05, 3.63) is 0 Å². The Labute approximate surface area is 93.3 Å². The smallest absolute Gasteiger partial charge is 0.320 e. The fraction of sp³-hybridized carbons (Fsp3) is 0.917. The van der Waals surface area contributed by atoms with Gasteiger partial charge in [0, 0.05) is 0 Å². The van der Waals surface area contributed by atoms with Crippen LogP contribution in [0.3, 0.4) is 0 Å². The first kappa shape index (κ1) is 14.4. The van der Waals surface area contributed by atoms with Gasteiger partial charge in [0.15, 0.2) is 0 Å². The standard InChI is InChI=1S/C12H25NO2/c1-3-5-6-7-8-9-11(12(14)15)13-10-4-2/h11,13H,3-10H2,1-2H3,(H,14,15). The average molecular weight is 215 g/mol. The summed E-state index contributed by atoms with van der Waals surface area (Å²) >= 11 is 0. The number of carboxylic acid groups (broad SMARTS) is 1. The second-order valence-corrected chi connectivity index (χ2v) is 4.05. The summed E-state index contributed by atoms with van der Waals surface area (Å²) in [5, 5.41) is 12.0. The number of unbranched alkanes of at least 4 members (excludes halogenated alkanes) is 4. The molecule has 0 saturated carbocycles. The molecule has 0 aliphatic carbocycles. The van der Waals surface area contributed by atoms with Crippen molar-refractivity contribution in [3.63, 3.8) is 0 Å². The van der Waals surface area contributed by atoms with Crippen molar-refractivity contribution in [2.75, 3.05) is 6.54 Å². The molecule has 1 unspecified atom stereocenters. The lowest BCUT2D eigenvalue weighted by molar-refractivity contribution is -0.139. The van der Waals surface area contributed by atoms with E-state index in [9.17, 15) is 4.79 Å². The minimum Gasteiger partial charge on any atom is -0.480 e. The molecule has 0 heterocycles. The Hall–Kier alpha value is -0.570. The second-order valence-electron chi connectivity index (χ2n) is 4.05. The van der Waals surface area contributed by atoms with Crippen LogP contribution in [0, 0.1) is 0 Å². The molecule has 0 saturated heterocycles. The van der Waals surface area contributed by atoms with Gasteiger partial charge < -0.3 is 10.4 Å². The van der Waals surface area contributed by atoms with Crippen molar-refractivity contribution in [2.45, 2.75) is 64.8 Å². The van der Waals surface area contributed by atoms with Crippen LogP contribution >= 0.6 is 0 Å². The minimum absolute atomic E-state index is 0.341. The van der Waals surface area contributed by atoms with E-state index in [4.69, 9.17) is 5.11 Å². The Bertz CT molecular complexity index is 160. The quantitative estimate of drug-likeness (QED) is 0.551. The van der Waals surface area contributed by atoms with E-state index in [1.54, 1.807) is 0 Å². The third-order valence-corrected chi connectivity index (χ3v) is 2.54. The van der Waals surface area contributed by atoms with Crippen molar-refractivity contribution in [2.24, 2.45) is 0 Å². The van der Waals surface area contributed by atoms with Crippen LogP contribution in [0.15, 0.2) is 0 Å². The van der Waals surface area contributed by atoms with Crippen LogP contribution in [0.4, 0.5) is 0 Å². The van der Waals surface area contributed by atoms with Gasteiger partial charge in [0.05, 0.1) is 0 Å². The molecule has 0 aromatic rings. The maximum atomic E-state index is 10.9. The number of aliphatic carboxylic acids is 1. The molecule has 0 aromatic carbocycles. The van der Waals surface area contributed by atoms with E-state index >= 15 is 0 Å². The molecule has 0 radical (unpaired) electrons. The van der Waals surface area contributed by atoms with Gasteiger partial charge in [0.2, 0.25) is 0 Å². The maximum Gasteiger partial charge on any atom is 0.320 e. The Kier molecular flexibility index (Phi) is 9.59. The van der Waals surface area contributed by atoms with Gasteiger partial charge in [-0.15, -0.1) is 0 Å². The number of rotatable bonds is 10. The fourth-order valence-electron chi connectivity index (χ4n) is 1.58. The number of carboxylic acids is 1. The largest absolute Gasteiger partial charge is 0.480 e. The van der Waals surface area contributed by atoms with Crippen molar-refractivity contribution in [1.82, 2.24) is 5.32 Å². The van der Waals surface area contributed by atoms with E-state index in [2.05, 4.69) is 12.2 Å². The number of hydrogen-bond donors (Lipinski definition) is 2.